The zero-order valence-corrected chi connectivity index (χ0v) is 12.5. The Morgan fingerprint density at radius 2 is 2.32 bits per heavy atom. The summed E-state index contributed by atoms with van der Waals surface area (Å²) in [6.07, 6.45) is 2.03. The van der Waals surface area contributed by atoms with Crippen molar-refractivity contribution in [1.82, 2.24) is 9.80 Å². The maximum Gasteiger partial charge on any atom is 0.237 e. The number of rotatable bonds is 2. The van der Waals surface area contributed by atoms with Gasteiger partial charge >= 0.3 is 0 Å². The van der Waals surface area contributed by atoms with E-state index in [0.29, 0.717) is 6.54 Å². The Morgan fingerprint density at radius 3 is 3.05 bits per heavy atom. The molecule has 1 fully saturated rings. The average molecular weight is 302 g/mol. The van der Waals surface area contributed by atoms with E-state index >= 15 is 0 Å². The number of nitrogens with two attached hydrogens (primary N) is 1. The molecule has 0 bridgehead atoms. The van der Waals surface area contributed by atoms with E-state index in [0.717, 1.165) is 39.0 Å². The van der Waals surface area contributed by atoms with Crippen LogP contribution < -0.4 is 5.73 Å². The van der Waals surface area contributed by atoms with Crippen molar-refractivity contribution in [3.8, 4) is 0 Å². The van der Waals surface area contributed by atoms with Crippen molar-refractivity contribution in [1.29, 1.82) is 0 Å². The van der Waals surface area contributed by atoms with Crippen LogP contribution in [0.4, 0.5) is 0 Å². The summed E-state index contributed by atoms with van der Waals surface area (Å²) in [5, 5.41) is 2.12. The summed E-state index contributed by atoms with van der Waals surface area (Å²) in [4.78, 5) is 17.8. The van der Waals surface area contributed by atoms with Gasteiger partial charge in [-0.05, 0) is 29.9 Å². The molecule has 1 atom stereocenters. The van der Waals surface area contributed by atoms with E-state index < -0.39 is 0 Å². The number of halogens is 1. The first-order chi connectivity index (χ1) is 8.72. The molecule has 0 unspecified atom stereocenters. The Labute approximate surface area is 124 Å². The van der Waals surface area contributed by atoms with Crippen LogP contribution in [-0.2, 0) is 17.8 Å². The van der Waals surface area contributed by atoms with Gasteiger partial charge in [0, 0.05) is 37.1 Å². The van der Waals surface area contributed by atoms with Gasteiger partial charge in [0.1, 0.15) is 0 Å². The third-order valence-corrected chi connectivity index (χ3v) is 4.85. The molecule has 3 rings (SSSR count). The molecule has 106 valence electrons. The topological polar surface area (TPSA) is 49.6 Å². The fourth-order valence-electron chi connectivity index (χ4n) is 2.76. The molecule has 1 aromatic rings. The maximum atomic E-state index is 12.2. The van der Waals surface area contributed by atoms with Crippen LogP contribution in [0.15, 0.2) is 11.4 Å². The molecule has 1 aromatic heterocycles. The quantitative estimate of drug-likeness (QED) is 0.889. The van der Waals surface area contributed by atoms with Crippen LogP contribution in [0.1, 0.15) is 16.9 Å². The summed E-state index contributed by atoms with van der Waals surface area (Å²) in [5.74, 6) is 0.251. The predicted octanol–water partition coefficient (Wildman–Crippen LogP) is 1.09. The van der Waals surface area contributed by atoms with Gasteiger partial charge < -0.3 is 10.6 Å². The summed E-state index contributed by atoms with van der Waals surface area (Å²) in [7, 11) is 0. The van der Waals surface area contributed by atoms with Crippen molar-refractivity contribution >= 4 is 29.7 Å². The lowest BCUT2D eigenvalue weighted by Crippen LogP contribution is -2.42. The number of thiophene rings is 1. The highest BCUT2D eigenvalue weighted by Crippen LogP contribution is 2.24. The van der Waals surface area contributed by atoms with Crippen LogP contribution in [0.2, 0.25) is 0 Å². The second-order valence-electron chi connectivity index (χ2n) is 5.22. The Morgan fingerprint density at radius 1 is 1.47 bits per heavy atom. The molecular formula is C13H20ClN3OS. The highest BCUT2D eigenvalue weighted by molar-refractivity contribution is 7.10. The van der Waals surface area contributed by atoms with Crippen LogP contribution in [0.25, 0.3) is 0 Å². The van der Waals surface area contributed by atoms with Crippen molar-refractivity contribution in [3.05, 3.63) is 21.9 Å². The lowest BCUT2D eigenvalue weighted by molar-refractivity contribution is -0.133. The van der Waals surface area contributed by atoms with Gasteiger partial charge in [0.15, 0.2) is 0 Å². The molecule has 0 spiro atoms. The third-order valence-electron chi connectivity index (χ3n) is 3.83. The van der Waals surface area contributed by atoms with Crippen LogP contribution in [-0.4, -0.2) is 47.9 Å². The van der Waals surface area contributed by atoms with Crippen molar-refractivity contribution < 1.29 is 4.79 Å². The number of amides is 1. The summed E-state index contributed by atoms with van der Waals surface area (Å²) in [6, 6.07) is 2.40. The van der Waals surface area contributed by atoms with Gasteiger partial charge in [-0.1, -0.05) is 0 Å². The van der Waals surface area contributed by atoms with E-state index in [4.69, 9.17) is 5.73 Å². The van der Waals surface area contributed by atoms with Crippen molar-refractivity contribution in [2.45, 2.75) is 25.4 Å². The lowest BCUT2D eigenvalue weighted by Gasteiger charge is -2.28. The number of likely N-dealkylation sites (tertiary alicyclic amines) is 1. The summed E-state index contributed by atoms with van der Waals surface area (Å²) < 4.78 is 0. The van der Waals surface area contributed by atoms with Gasteiger partial charge in [-0.15, -0.1) is 23.7 Å². The molecule has 0 radical (unpaired) electrons. The molecule has 3 heterocycles. The molecule has 0 aliphatic carbocycles. The van der Waals surface area contributed by atoms with Crippen LogP contribution in [0.3, 0.4) is 0 Å². The zero-order chi connectivity index (χ0) is 12.5. The third kappa shape index (κ3) is 3.28. The number of hydrogen-bond donors (Lipinski definition) is 1. The van der Waals surface area contributed by atoms with Gasteiger partial charge in [-0.3, -0.25) is 9.69 Å². The zero-order valence-electron chi connectivity index (χ0n) is 10.9. The van der Waals surface area contributed by atoms with E-state index in [9.17, 15) is 4.79 Å². The Balaban J connectivity index is 0.00000133. The Kier molecular flexibility index (Phi) is 4.84. The minimum atomic E-state index is 0. The predicted molar refractivity (Wildman–Crippen MR) is 79.7 cm³/mol. The molecule has 2 aliphatic heterocycles. The highest BCUT2D eigenvalue weighted by Gasteiger charge is 2.26. The smallest absolute Gasteiger partial charge is 0.237 e. The maximum absolute atomic E-state index is 12.2. The number of nitrogens with zero attached hydrogens (tertiary/aromatic N) is 2. The largest absolute Gasteiger partial charge is 0.337 e. The summed E-state index contributed by atoms with van der Waals surface area (Å²) in [5.41, 5.74) is 7.19. The van der Waals surface area contributed by atoms with Crippen molar-refractivity contribution in [3.63, 3.8) is 0 Å². The van der Waals surface area contributed by atoms with E-state index in [1.165, 1.54) is 10.4 Å². The number of fused-ring (bicyclic) bond motifs is 1. The molecule has 6 heteroatoms. The Hall–Kier alpha value is -0.620. The first-order valence-corrected chi connectivity index (χ1v) is 7.41. The molecule has 0 saturated carbocycles. The first-order valence-electron chi connectivity index (χ1n) is 6.53. The summed E-state index contributed by atoms with van der Waals surface area (Å²) in [6.45, 7) is 4.02. The molecule has 4 nitrogen and oxygen atoms in total. The highest BCUT2D eigenvalue weighted by atomic mass is 35.5. The molecule has 1 amide bonds. The fraction of sp³-hybridized carbons (Fsp3) is 0.615. The second kappa shape index (κ2) is 6.22. The lowest BCUT2D eigenvalue weighted by atomic mass is 10.1. The average Bonchev–Trinajstić information content (AvgIpc) is 2.96. The molecule has 2 N–H and O–H groups in total. The number of carbonyl (C=O) groups is 1. The number of hydrogen-bond acceptors (Lipinski definition) is 4. The van der Waals surface area contributed by atoms with Gasteiger partial charge in [0.2, 0.25) is 5.91 Å². The molecule has 2 aliphatic rings. The van der Waals surface area contributed by atoms with Gasteiger partial charge in [-0.25, -0.2) is 0 Å². The Bertz CT molecular complexity index is 451. The van der Waals surface area contributed by atoms with Crippen molar-refractivity contribution in [2.24, 2.45) is 5.73 Å². The molecule has 19 heavy (non-hydrogen) atoms. The van der Waals surface area contributed by atoms with Crippen molar-refractivity contribution in [2.75, 3.05) is 26.2 Å². The van der Waals surface area contributed by atoms with Crippen LogP contribution in [0.5, 0.6) is 0 Å². The van der Waals surface area contributed by atoms with Crippen LogP contribution in [0, 0.1) is 0 Å². The number of carbonyl (C=O) groups excluding carboxylic acids is 1. The first kappa shape index (κ1) is 14.8. The minimum Gasteiger partial charge on any atom is -0.337 e. The van der Waals surface area contributed by atoms with Crippen LogP contribution >= 0.6 is 23.7 Å². The van der Waals surface area contributed by atoms with Gasteiger partial charge in [-0.2, -0.15) is 0 Å². The monoisotopic (exact) mass is 301 g/mol. The van der Waals surface area contributed by atoms with E-state index in [2.05, 4.69) is 16.3 Å². The van der Waals surface area contributed by atoms with Gasteiger partial charge in [0.05, 0.1) is 6.54 Å². The van der Waals surface area contributed by atoms with E-state index in [-0.39, 0.29) is 24.4 Å². The summed E-state index contributed by atoms with van der Waals surface area (Å²) >= 11 is 1.81. The second-order valence-corrected chi connectivity index (χ2v) is 6.22. The molecule has 0 aromatic carbocycles. The molecular weight excluding hydrogens is 282 g/mol. The SMILES string of the molecule is Cl.N[C@@H]1CCN(CC(=O)N2CCc3sccc3C2)C1. The van der Waals surface area contributed by atoms with Gasteiger partial charge in [0.25, 0.3) is 0 Å². The fourth-order valence-corrected chi connectivity index (χ4v) is 3.65. The minimum absolute atomic E-state index is 0. The standard InChI is InChI=1S/C13H19N3OS.ClH/c14-11-1-4-15(8-11)9-13(17)16-5-2-12-10(7-16)3-6-18-12;/h3,6,11H,1-2,4-5,7-9,14H2;1H/t11-;/m1./s1. The molecule has 1 saturated heterocycles. The van der Waals surface area contributed by atoms with E-state index in [1.807, 2.05) is 16.2 Å². The van der Waals surface area contributed by atoms with E-state index in [1.54, 1.807) is 0 Å². The normalized spacial score (nSPS) is 23.0.